The summed E-state index contributed by atoms with van der Waals surface area (Å²) in [6, 6.07) is 9.28. The molecule has 1 fully saturated rings. The van der Waals surface area contributed by atoms with E-state index in [2.05, 4.69) is 55.5 Å². The molecule has 1 aromatic rings. The van der Waals surface area contributed by atoms with Crippen molar-refractivity contribution in [1.29, 1.82) is 0 Å². The Kier molecular flexibility index (Phi) is 3.49. The van der Waals surface area contributed by atoms with Crippen molar-refractivity contribution in [3.63, 3.8) is 0 Å². The lowest BCUT2D eigenvalue weighted by molar-refractivity contribution is 0.549. The fourth-order valence-electron chi connectivity index (χ4n) is 1.84. The van der Waals surface area contributed by atoms with Crippen LogP contribution in [0.25, 0.3) is 0 Å². The van der Waals surface area contributed by atoms with Crippen molar-refractivity contribution in [2.24, 2.45) is 5.92 Å². The maximum atomic E-state index is 3.60. The van der Waals surface area contributed by atoms with E-state index in [1.165, 1.54) is 30.6 Å². The summed E-state index contributed by atoms with van der Waals surface area (Å²) in [6.45, 7) is 3.42. The van der Waals surface area contributed by atoms with E-state index >= 15 is 0 Å². The second-order valence-electron chi connectivity index (χ2n) is 5.06. The van der Waals surface area contributed by atoms with Crippen molar-refractivity contribution in [3.8, 4) is 0 Å². The third-order valence-electron chi connectivity index (χ3n) is 3.32. The first kappa shape index (κ1) is 11.5. The molecule has 0 saturated heterocycles. The average Bonchev–Trinajstić information content (AvgIpc) is 3.10. The maximum absolute atomic E-state index is 3.60. The summed E-state index contributed by atoms with van der Waals surface area (Å²) in [6.07, 6.45) is 2.83. The lowest BCUT2D eigenvalue weighted by Gasteiger charge is -2.16. The predicted octanol–water partition coefficient (Wildman–Crippen LogP) is 2.81. The van der Waals surface area contributed by atoms with E-state index in [0.29, 0.717) is 6.04 Å². The van der Waals surface area contributed by atoms with Gasteiger partial charge < -0.3 is 10.2 Å². The monoisotopic (exact) mass is 218 g/mol. The summed E-state index contributed by atoms with van der Waals surface area (Å²) in [4.78, 5) is 2.13. The van der Waals surface area contributed by atoms with Gasteiger partial charge in [0.15, 0.2) is 0 Å². The Morgan fingerprint density at radius 2 is 1.88 bits per heavy atom. The van der Waals surface area contributed by atoms with Gasteiger partial charge in [0.1, 0.15) is 0 Å². The number of nitrogens with zero attached hydrogens (tertiary/aromatic N) is 1. The van der Waals surface area contributed by atoms with Crippen molar-refractivity contribution < 1.29 is 0 Å². The van der Waals surface area contributed by atoms with Gasteiger partial charge in [-0.15, -0.1) is 0 Å². The lowest BCUT2D eigenvalue weighted by Crippen LogP contribution is -2.21. The van der Waals surface area contributed by atoms with Crippen molar-refractivity contribution in [3.05, 3.63) is 29.8 Å². The molecule has 0 aromatic heterocycles. The average molecular weight is 218 g/mol. The number of anilines is 1. The minimum atomic E-state index is 0.469. The molecule has 0 heterocycles. The molecule has 0 radical (unpaired) electrons. The summed E-state index contributed by atoms with van der Waals surface area (Å²) in [5, 5.41) is 3.60. The zero-order valence-corrected chi connectivity index (χ0v) is 10.5. The van der Waals surface area contributed by atoms with Gasteiger partial charge in [-0.2, -0.15) is 0 Å². The zero-order chi connectivity index (χ0) is 11.5. The highest BCUT2D eigenvalue weighted by molar-refractivity contribution is 5.46. The highest BCUT2D eigenvalue weighted by atomic mass is 15.1. The van der Waals surface area contributed by atoms with E-state index in [4.69, 9.17) is 0 Å². The van der Waals surface area contributed by atoms with Crippen molar-refractivity contribution in [2.75, 3.05) is 25.5 Å². The van der Waals surface area contributed by atoms with Gasteiger partial charge in [-0.1, -0.05) is 12.1 Å². The van der Waals surface area contributed by atoms with Gasteiger partial charge in [0.05, 0.1) is 0 Å². The van der Waals surface area contributed by atoms with Gasteiger partial charge in [-0.25, -0.2) is 0 Å². The molecule has 0 bridgehead atoms. The highest BCUT2D eigenvalue weighted by Crippen LogP contribution is 2.28. The topological polar surface area (TPSA) is 15.3 Å². The second-order valence-corrected chi connectivity index (χ2v) is 5.06. The van der Waals surface area contributed by atoms with Crippen LogP contribution in [0.4, 0.5) is 5.69 Å². The molecular weight excluding hydrogens is 196 g/mol. The first-order valence-corrected chi connectivity index (χ1v) is 6.17. The smallest absolute Gasteiger partial charge is 0.0361 e. The predicted molar refractivity (Wildman–Crippen MR) is 69.9 cm³/mol. The van der Waals surface area contributed by atoms with Crippen LogP contribution in [0, 0.1) is 5.92 Å². The molecule has 2 rings (SSSR count). The molecule has 0 aliphatic heterocycles. The van der Waals surface area contributed by atoms with Crippen LogP contribution in [-0.2, 0) is 0 Å². The van der Waals surface area contributed by atoms with Crippen molar-refractivity contribution in [1.82, 2.24) is 5.32 Å². The van der Waals surface area contributed by atoms with E-state index in [1.54, 1.807) is 0 Å². The molecule has 88 valence electrons. The molecular formula is C14H22N2. The summed E-state index contributed by atoms with van der Waals surface area (Å²) in [5.41, 5.74) is 2.64. The fraction of sp³-hybridized carbons (Fsp3) is 0.571. The lowest BCUT2D eigenvalue weighted by atomic mass is 10.1. The van der Waals surface area contributed by atoms with Crippen molar-refractivity contribution in [2.45, 2.75) is 25.8 Å². The standard InChI is InChI=1S/C14H22N2/c1-11(15-10-12-4-5-12)13-6-8-14(9-7-13)16(2)3/h6-9,11-12,15H,4-5,10H2,1-3H3. The molecule has 1 N–H and O–H groups in total. The summed E-state index contributed by atoms with van der Waals surface area (Å²) in [5.74, 6) is 0.948. The molecule has 1 saturated carbocycles. The van der Waals surface area contributed by atoms with Gasteiger partial charge in [-0.3, -0.25) is 0 Å². The Hall–Kier alpha value is -1.02. The third-order valence-corrected chi connectivity index (χ3v) is 3.32. The molecule has 16 heavy (non-hydrogen) atoms. The summed E-state index contributed by atoms with van der Waals surface area (Å²) >= 11 is 0. The summed E-state index contributed by atoms with van der Waals surface area (Å²) in [7, 11) is 4.15. The first-order valence-electron chi connectivity index (χ1n) is 6.17. The van der Waals surface area contributed by atoms with Gasteiger partial charge in [0.2, 0.25) is 0 Å². The van der Waals surface area contributed by atoms with Crippen LogP contribution in [-0.4, -0.2) is 20.6 Å². The van der Waals surface area contributed by atoms with E-state index in [0.717, 1.165) is 5.92 Å². The van der Waals surface area contributed by atoms with Crippen LogP contribution < -0.4 is 10.2 Å². The van der Waals surface area contributed by atoms with Crippen LogP contribution in [0.3, 0.4) is 0 Å². The number of benzene rings is 1. The van der Waals surface area contributed by atoms with Crippen LogP contribution in [0.1, 0.15) is 31.4 Å². The summed E-state index contributed by atoms with van der Waals surface area (Å²) < 4.78 is 0. The van der Waals surface area contributed by atoms with Gasteiger partial charge in [0, 0.05) is 25.8 Å². The van der Waals surface area contributed by atoms with Gasteiger partial charge >= 0.3 is 0 Å². The minimum absolute atomic E-state index is 0.469. The Labute approximate surface area is 98.7 Å². The molecule has 1 aliphatic carbocycles. The van der Waals surface area contributed by atoms with E-state index < -0.39 is 0 Å². The largest absolute Gasteiger partial charge is 0.378 e. The van der Waals surface area contributed by atoms with Gasteiger partial charge in [-0.05, 0) is 49.9 Å². The van der Waals surface area contributed by atoms with Crippen LogP contribution >= 0.6 is 0 Å². The normalized spacial score (nSPS) is 17.2. The molecule has 1 atom stereocenters. The first-order chi connectivity index (χ1) is 7.66. The molecule has 1 aromatic carbocycles. The Balaban J connectivity index is 1.91. The SMILES string of the molecule is CC(NCC1CC1)c1ccc(N(C)C)cc1. The maximum Gasteiger partial charge on any atom is 0.0361 e. The number of hydrogen-bond donors (Lipinski definition) is 1. The fourth-order valence-corrected chi connectivity index (χ4v) is 1.84. The van der Waals surface area contributed by atoms with Crippen LogP contribution in [0.2, 0.25) is 0 Å². The Morgan fingerprint density at radius 1 is 1.25 bits per heavy atom. The second kappa shape index (κ2) is 4.88. The number of nitrogens with one attached hydrogen (secondary N) is 1. The number of hydrogen-bond acceptors (Lipinski definition) is 2. The third kappa shape index (κ3) is 2.99. The van der Waals surface area contributed by atoms with E-state index in [1.807, 2.05) is 0 Å². The molecule has 0 spiro atoms. The molecule has 1 unspecified atom stereocenters. The van der Waals surface area contributed by atoms with Crippen LogP contribution in [0.5, 0.6) is 0 Å². The molecule has 2 nitrogen and oxygen atoms in total. The highest BCUT2D eigenvalue weighted by Gasteiger charge is 2.21. The van der Waals surface area contributed by atoms with Crippen LogP contribution in [0.15, 0.2) is 24.3 Å². The van der Waals surface area contributed by atoms with Crippen molar-refractivity contribution >= 4 is 5.69 Å². The Morgan fingerprint density at radius 3 is 2.38 bits per heavy atom. The Bertz CT molecular complexity index is 325. The minimum Gasteiger partial charge on any atom is -0.378 e. The molecule has 2 heteroatoms. The number of rotatable bonds is 5. The van der Waals surface area contributed by atoms with E-state index in [-0.39, 0.29) is 0 Å². The van der Waals surface area contributed by atoms with Gasteiger partial charge in [0.25, 0.3) is 0 Å². The molecule has 1 aliphatic rings. The van der Waals surface area contributed by atoms with E-state index in [9.17, 15) is 0 Å². The quantitative estimate of drug-likeness (QED) is 0.817. The zero-order valence-electron chi connectivity index (χ0n) is 10.5. The molecule has 0 amide bonds.